The smallest absolute Gasteiger partial charge is 0.255 e. The van der Waals surface area contributed by atoms with Crippen molar-refractivity contribution in [2.75, 3.05) is 11.1 Å². The van der Waals surface area contributed by atoms with Crippen LogP contribution in [-0.2, 0) is 19.2 Å². The van der Waals surface area contributed by atoms with Gasteiger partial charge >= 0.3 is 0 Å². The minimum absolute atomic E-state index is 0.0302. The highest BCUT2D eigenvalue weighted by molar-refractivity contribution is 6.36. The van der Waals surface area contributed by atoms with E-state index in [9.17, 15) is 33.6 Å². The maximum absolute atomic E-state index is 14.8. The highest BCUT2D eigenvalue weighted by Gasteiger charge is 2.57. The van der Waals surface area contributed by atoms with E-state index >= 15 is 0 Å². The average molecular weight is 1090 g/mol. The van der Waals surface area contributed by atoms with Crippen LogP contribution in [0.25, 0.3) is 90.9 Å². The first kappa shape index (κ1) is 49.7. The van der Waals surface area contributed by atoms with E-state index in [1.165, 1.54) is 18.2 Å². The summed E-state index contributed by atoms with van der Waals surface area (Å²) in [4.78, 5) is 116. The molecular formula is C71H44N6O7. The van der Waals surface area contributed by atoms with Crippen LogP contribution in [0.4, 0.5) is 11.4 Å². The Hall–Kier alpha value is -11.3. The number of benzene rings is 5. The van der Waals surface area contributed by atoms with E-state index in [4.69, 9.17) is 15.7 Å². The Balaban J connectivity index is 0.836. The molecule has 400 valence electrons. The van der Waals surface area contributed by atoms with Gasteiger partial charge in [0, 0.05) is 118 Å². The second-order valence-electron chi connectivity index (χ2n) is 21.8. The third-order valence-corrected chi connectivity index (χ3v) is 16.8. The number of nitrogens with two attached hydrogens (primary N) is 1. The highest BCUT2D eigenvalue weighted by Crippen LogP contribution is 2.57. The molecule has 0 atom stereocenters. The number of nitrogens with zero attached hydrogens (tertiary/aromatic N) is 2. The van der Waals surface area contributed by atoms with Gasteiger partial charge in [-0.3, -0.25) is 33.6 Å². The third-order valence-electron chi connectivity index (χ3n) is 16.8. The van der Waals surface area contributed by atoms with Gasteiger partial charge in [0.15, 0.2) is 34.7 Å². The third kappa shape index (κ3) is 7.66. The van der Waals surface area contributed by atoms with Gasteiger partial charge in [0.2, 0.25) is 0 Å². The van der Waals surface area contributed by atoms with Gasteiger partial charge in [0.25, 0.3) is 5.91 Å². The lowest BCUT2D eigenvalue weighted by Gasteiger charge is -2.45. The zero-order valence-electron chi connectivity index (χ0n) is 44.9. The van der Waals surface area contributed by atoms with Crippen molar-refractivity contribution in [1.29, 1.82) is 0 Å². The van der Waals surface area contributed by atoms with Crippen molar-refractivity contribution in [3.63, 3.8) is 0 Å². The number of rotatable bonds is 6. The molecule has 6 aliphatic carbocycles. The topological polar surface area (TPSA) is 215 Å². The minimum atomic E-state index is -1.41. The number of amides is 1. The summed E-state index contributed by atoms with van der Waals surface area (Å²) in [5.41, 5.74) is 22.3. The molecule has 16 rings (SSSR count). The number of nitrogen functional groups attached to an aromatic ring is 1. The molecule has 3 aromatic heterocycles. The van der Waals surface area contributed by atoms with Gasteiger partial charge < -0.3 is 21.0 Å². The molecule has 84 heavy (non-hydrogen) atoms. The van der Waals surface area contributed by atoms with E-state index < -0.39 is 52.4 Å². The number of aromatic nitrogens is 4. The lowest BCUT2D eigenvalue weighted by Crippen LogP contribution is -2.47. The van der Waals surface area contributed by atoms with Crippen LogP contribution < -0.4 is 11.1 Å². The van der Waals surface area contributed by atoms with Crippen molar-refractivity contribution in [2.45, 2.75) is 13.8 Å². The molecule has 1 amide bonds. The molecule has 5 N–H and O–H groups in total. The Morgan fingerprint density at radius 2 is 0.750 bits per heavy atom. The number of hydrogen-bond donors (Lipinski definition) is 4. The number of H-pyrrole nitrogens is 2. The maximum Gasteiger partial charge on any atom is 0.255 e. The molecule has 10 bridgehead atoms. The van der Waals surface area contributed by atoms with Gasteiger partial charge in [0.05, 0.1) is 22.8 Å². The van der Waals surface area contributed by atoms with Gasteiger partial charge in [-0.25, -0.2) is 9.97 Å². The lowest BCUT2D eigenvalue weighted by molar-refractivity contribution is -0.117. The summed E-state index contributed by atoms with van der Waals surface area (Å²) in [6.45, 7) is 4.11. The van der Waals surface area contributed by atoms with Crippen LogP contribution in [0.3, 0.4) is 0 Å². The van der Waals surface area contributed by atoms with Crippen molar-refractivity contribution in [3.05, 3.63) is 248 Å². The molecule has 8 aliphatic rings. The van der Waals surface area contributed by atoms with Crippen LogP contribution in [0, 0.1) is 25.7 Å². The van der Waals surface area contributed by atoms with E-state index in [2.05, 4.69) is 108 Å². The molecule has 5 heterocycles. The van der Waals surface area contributed by atoms with Crippen molar-refractivity contribution in [1.82, 2.24) is 19.9 Å². The average Bonchev–Trinajstić information content (AvgIpc) is 0.952. The summed E-state index contributed by atoms with van der Waals surface area (Å²) in [7, 11) is 0. The summed E-state index contributed by atoms with van der Waals surface area (Å²) in [6.07, 6.45) is 12.5. The number of carbonyl (C=O) groups is 7. The zero-order valence-corrected chi connectivity index (χ0v) is 44.9. The Morgan fingerprint density at radius 1 is 0.405 bits per heavy atom. The van der Waals surface area contributed by atoms with E-state index in [0.29, 0.717) is 17.1 Å². The molecule has 0 radical (unpaired) electrons. The summed E-state index contributed by atoms with van der Waals surface area (Å²) in [5.74, 6) is -7.01. The Bertz CT molecular complexity index is 4780. The summed E-state index contributed by atoms with van der Waals surface area (Å²) in [6, 6.07) is 44.3. The number of aryl methyl sites for hydroxylation is 2. The quantitative estimate of drug-likeness (QED) is 0.0913. The number of nitrogens with one attached hydrogen (secondary N) is 3. The van der Waals surface area contributed by atoms with Gasteiger partial charge in [-0.1, -0.05) is 83.9 Å². The van der Waals surface area contributed by atoms with E-state index in [1.807, 2.05) is 54.6 Å². The first-order valence-electron chi connectivity index (χ1n) is 27.3. The van der Waals surface area contributed by atoms with Crippen molar-refractivity contribution < 1.29 is 33.6 Å². The van der Waals surface area contributed by atoms with Crippen LogP contribution in [0.15, 0.2) is 197 Å². The zero-order chi connectivity index (χ0) is 57.4. The largest absolute Gasteiger partial charge is 0.399 e. The summed E-state index contributed by atoms with van der Waals surface area (Å²) in [5, 5.41) is 2.96. The van der Waals surface area contributed by atoms with Crippen LogP contribution in [0.2, 0.25) is 0 Å². The number of hydrogen-bond acceptors (Lipinski definition) is 10. The monoisotopic (exact) mass is 1090 g/mol. The molecule has 0 saturated heterocycles. The molecule has 0 spiro atoms. The molecule has 13 heteroatoms. The number of anilines is 2. The molecule has 5 aromatic carbocycles. The van der Waals surface area contributed by atoms with Gasteiger partial charge in [-0.2, -0.15) is 0 Å². The maximum atomic E-state index is 14.8. The van der Waals surface area contributed by atoms with Crippen molar-refractivity contribution >= 4 is 98.4 Å². The Kier molecular flexibility index (Phi) is 11.0. The molecule has 2 aliphatic heterocycles. The fourth-order valence-electron chi connectivity index (χ4n) is 12.9. The van der Waals surface area contributed by atoms with Crippen LogP contribution in [0.5, 0.6) is 0 Å². The summed E-state index contributed by atoms with van der Waals surface area (Å²) >= 11 is 0. The number of allylic oxidation sites excluding steroid dienone is 10. The first-order chi connectivity index (χ1) is 40.8. The lowest BCUT2D eigenvalue weighted by atomic mass is 9.53. The van der Waals surface area contributed by atoms with E-state index in [-0.39, 0.29) is 50.1 Å². The predicted octanol–water partition coefficient (Wildman–Crippen LogP) is 12.7. The van der Waals surface area contributed by atoms with Crippen LogP contribution in [0.1, 0.15) is 65.0 Å². The fourth-order valence-corrected chi connectivity index (χ4v) is 12.9. The molecule has 0 fully saturated rings. The van der Waals surface area contributed by atoms with Gasteiger partial charge in [-0.15, -0.1) is 0 Å². The second kappa shape index (κ2) is 18.6. The number of carbonyl (C=O) groups excluding carboxylic acids is 7. The van der Waals surface area contributed by atoms with Crippen LogP contribution in [-0.4, -0.2) is 60.5 Å². The normalized spacial score (nSPS) is 17.3. The number of Topliss-reactive ketones (excluding diaryl/α,β-unsaturated/α-hetero) is 2. The van der Waals surface area contributed by atoms with Crippen molar-refractivity contribution in [3.8, 4) is 44.5 Å². The molecular weight excluding hydrogens is 1050 g/mol. The number of aromatic amines is 2. The first-order valence-corrected chi connectivity index (χ1v) is 27.3. The van der Waals surface area contributed by atoms with E-state index in [0.717, 1.165) is 119 Å². The molecule has 8 aromatic rings. The van der Waals surface area contributed by atoms with Crippen LogP contribution >= 0.6 is 0 Å². The predicted molar refractivity (Wildman–Crippen MR) is 324 cm³/mol. The molecule has 0 saturated carbocycles. The SMILES string of the molecule is Cc1ccc(-c2c3nc(c(-c4ccc(NC(=O)c5ccc6c(c5)C(=O)C5=C(C6=O)C6C7=C(C(=O)C=CC7=O)C5C5=C6C(=O)C=CC5=O)cc4)c4ccc([nH]4)c(-c4ccc(C)cc4)c4nc(c(-c5ccc(N)cc5)c5ccc2[nH]5)C=C4)C=C3)cc1. The Morgan fingerprint density at radius 3 is 1.13 bits per heavy atom. The second-order valence-corrected chi connectivity index (χ2v) is 21.8. The fraction of sp³-hybridized carbons (Fsp3) is 0.0563. The van der Waals surface area contributed by atoms with Gasteiger partial charge in [0.1, 0.15) is 0 Å². The number of ketones is 6. The molecule has 13 nitrogen and oxygen atoms in total. The summed E-state index contributed by atoms with van der Waals surface area (Å²) < 4.78 is 0. The van der Waals surface area contributed by atoms with Crippen molar-refractivity contribution in [2.24, 2.45) is 11.8 Å². The molecule has 0 unspecified atom stereocenters. The number of fused-ring (bicyclic) bond motifs is 9. The Labute approximate surface area is 478 Å². The highest BCUT2D eigenvalue weighted by atomic mass is 16.2. The van der Waals surface area contributed by atoms with E-state index in [1.54, 1.807) is 12.1 Å². The minimum Gasteiger partial charge on any atom is -0.399 e. The van der Waals surface area contributed by atoms with Gasteiger partial charge in [-0.05, 0) is 151 Å². The standard InChI is InChI=1S/C71H44N6O7/c1-34-3-7-36(8-4-34)57-45-21-25-49(74-45)59(38-11-16-41(72)17-12-38)50-26-22-46(75-50)58(37-9-5-35(2)6-10-37)48-24-28-52(77-48)60(51-27-23-47(57)76-51)39-13-18-42(19-14-39)73-71(84)40-15-20-43-44(33-40)70(83)68-66-63-55(80)31-29-53(78)61(63)65(67(68)69(43)82)62-54(79)30-32-56(81)64(62)66/h3-33,65-66,74,77H,72H2,1-2H3,(H,73,84).